The van der Waals surface area contributed by atoms with Crippen molar-refractivity contribution in [2.24, 2.45) is 17.4 Å². The molecule has 0 heterocycles. The molecule has 0 aromatic heterocycles. The lowest BCUT2D eigenvalue weighted by molar-refractivity contribution is -0.116. The van der Waals surface area contributed by atoms with Crippen molar-refractivity contribution in [2.75, 3.05) is 5.32 Å². The van der Waals surface area contributed by atoms with Crippen LogP contribution < -0.4 is 16.8 Å². The molecule has 0 saturated carbocycles. The molecule has 20 heavy (non-hydrogen) atoms. The van der Waals surface area contributed by atoms with Crippen molar-refractivity contribution in [2.45, 2.75) is 26.3 Å². The molecule has 1 unspecified atom stereocenters. The summed E-state index contributed by atoms with van der Waals surface area (Å²) in [5.41, 5.74) is 9.88. The number of anilines is 1. The lowest BCUT2D eigenvalue weighted by Crippen LogP contribution is -2.31. The van der Waals surface area contributed by atoms with Gasteiger partial charge in [0.1, 0.15) is 11.6 Å². The molecule has 1 rings (SSSR count). The molecular weight excluding hydrogens is 268 g/mol. The molecule has 0 saturated heterocycles. The van der Waals surface area contributed by atoms with Crippen LogP contribution in [0.2, 0.25) is 0 Å². The summed E-state index contributed by atoms with van der Waals surface area (Å²) >= 11 is 0. The number of primary amides is 1. The average molecular weight is 285 g/mol. The fraction of sp³-hybridized carbons (Fsp3) is 0.385. The Morgan fingerprint density at radius 2 is 1.85 bits per heavy atom. The molecule has 0 radical (unpaired) electrons. The summed E-state index contributed by atoms with van der Waals surface area (Å²) in [5, 5.41) is 2.25. The lowest BCUT2D eigenvalue weighted by Gasteiger charge is -2.15. The van der Waals surface area contributed by atoms with Gasteiger partial charge in [-0.05, 0) is 12.0 Å². The average Bonchev–Trinajstić information content (AvgIpc) is 2.31. The van der Waals surface area contributed by atoms with E-state index < -0.39 is 29.0 Å². The molecule has 0 bridgehead atoms. The van der Waals surface area contributed by atoms with Crippen LogP contribution in [0.25, 0.3) is 0 Å². The van der Waals surface area contributed by atoms with Crippen LogP contribution in [-0.2, 0) is 4.79 Å². The van der Waals surface area contributed by atoms with Crippen molar-refractivity contribution in [3.63, 3.8) is 0 Å². The number of hydrogen-bond acceptors (Lipinski definition) is 3. The van der Waals surface area contributed by atoms with Gasteiger partial charge in [-0.2, -0.15) is 0 Å². The largest absolute Gasteiger partial charge is 0.366 e. The summed E-state index contributed by atoms with van der Waals surface area (Å²) in [7, 11) is 0. The second-order valence-electron chi connectivity index (χ2n) is 4.84. The van der Waals surface area contributed by atoms with Gasteiger partial charge in [0.2, 0.25) is 5.91 Å². The predicted molar refractivity (Wildman–Crippen MR) is 70.9 cm³/mol. The molecule has 5 nitrogen and oxygen atoms in total. The summed E-state index contributed by atoms with van der Waals surface area (Å²) in [6.07, 6.45) is -0.0135. The second-order valence-corrected chi connectivity index (χ2v) is 4.84. The first-order chi connectivity index (χ1) is 9.22. The van der Waals surface area contributed by atoms with E-state index in [9.17, 15) is 18.4 Å². The summed E-state index contributed by atoms with van der Waals surface area (Å²) in [4.78, 5) is 22.6. The van der Waals surface area contributed by atoms with Crippen molar-refractivity contribution in [1.29, 1.82) is 0 Å². The van der Waals surface area contributed by atoms with Crippen LogP contribution in [0.1, 0.15) is 30.6 Å². The Kier molecular flexibility index (Phi) is 5.15. The van der Waals surface area contributed by atoms with Gasteiger partial charge in [0.05, 0.1) is 11.3 Å². The quantitative estimate of drug-likeness (QED) is 0.762. The fourth-order valence-corrected chi connectivity index (χ4v) is 1.48. The number of rotatable bonds is 5. The minimum atomic E-state index is -1.08. The van der Waals surface area contributed by atoms with Crippen LogP contribution in [0.3, 0.4) is 0 Å². The molecule has 5 N–H and O–H groups in total. The van der Waals surface area contributed by atoms with E-state index in [1.54, 1.807) is 0 Å². The van der Waals surface area contributed by atoms with Crippen molar-refractivity contribution >= 4 is 17.5 Å². The topological polar surface area (TPSA) is 98.2 Å². The van der Waals surface area contributed by atoms with E-state index >= 15 is 0 Å². The van der Waals surface area contributed by atoms with Gasteiger partial charge in [0.25, 0.3) is 5.91 Å². The second kappa shape index (κ2) is 6.42. The van der Waals surface area contributed by atoms with Crippen LogP contribution in [0.5, 0.6) is 0 Å². The van der Waals surface area contributed by atoms with E-state index in [4.69, 9.17) is 11.5 Å². The lowest BCUT2D eigenvalue weighted by atomic mass is 10.0. The molecule has 0 aliphatic rings. The Hall–Kier alpha value is -2.02. The van der Waals surface area contributed by atoms with Crippen molar-refractivity contribution in [3.05, 3.63) is 29.3 Å². The first kappa shape index (κ1) is 16.0. The van der Waals surface area contributed by atoms with Gasteiger partial charge in [-0.15, -0.1) is 0 Å². The van der Waals surface area contributed by atoms with E-state index in [1.807, 2.05) is 13.8 Å². The maximum atomic E-state index is 13.5. The minimum Gasteiger partial charge on any atom is -0.366 e. The smallest absolute Gasteiger partial charge is 0.251 e. The van der Waals surface area contributed by atoms with E-state index in [1.165, 1.54) is 0 Å². The zero-order chi connectivity index (χ0) is 15.4. The van der Waals surface area contributed by atoms with Gasteiger partial charge in [-0.1, -0.05) is 13.8 Å². The number of amides is 2. The minimum absolute atomic E-state index is 0.0135. The number of hydrogen-bond donors (Lipinski definition) is 3. The number of nitrogens with one attached hydrogen (secondary N) is 1. The van der Waals surface area contributed by atoms with Crippen LogP contribution in [-0.4, -0.2) is 17.9 Å². The molecule has 7 heteroatoms. The molecule has 1 aromatic carbocycles. The van der Waals surface area contributed by atoms with E-state index in [-0.39, 0.29) is 24.1 Å². The first-order valence-electron chi connectivity index (χ1n) is 6.06. The van der Waals surface area contributed by atoms with Crippen molar-refractivity contribution in [1.82, 2.24) is 0 Å². The fourth-order valence-electron chi connectivity index (χ4n) is 1.48. The number of carbonyl (C=O) groups excluding carboxylic acids is 2. The third-order valence-corrected chi connectivity index (χ3v) is 2.87. The van der Waals surface area contributed by atoms with Crippen molar-refractivity contribution in [3.8, 4) is 0 Å². The number of halogens is 2. The van der Waals surface area contributed by atoms with E-state index in [0.717, 1.165) is 6.07 Å². The zero-order valence-electron chi connectivity index (χ0n) is 11.2. The predicted octanol–water partition coefficient (Wildman–Crippen LogP) is 1.38. The van der Waals surface area contributed by atoms with Crippen LogP contribution >= 0.6 is 0 Å². The van der Waals surface area contributed by atoms with E-state index in [0.29, 0.717) is 6.07 Å². The number of benzene rings is 1. The SMILES string of the molecule is CC(C)C(N)CC(=O)Nc1cc(C(N)=O)c(F)cc1F. The zero-order valence-corrected chi connectivity index (χ0v) is 11.2. The molecule has 0 spiro atoms. The van der Waals surface area contributed by atoms with Crippen LogP contribution in [0.15, 0.2) is 12.1 Å². The van der Waals surface area contributed by atoms with Crippen LogP contribution in [0.4, 0.5) is 14.5 Å². The Balaban J connectivity index is 2.90. The summed E-state index contributed by atoms with van der Waals surface area (Å²) in [6, 6.07) is 0.985. The highest BCUT2D eigenvalue weighted by Gasteiger charge is 2.17. The maximum absolute atomic E-state index is 13.5. The van der Waals surface area contributed by atoms with Gasteiger partial charge in [-0.3, -0.25) is 9.59 Å². The third-order valence-electron chi connectivity index (χ3n) is 2.87. The molecular formula is C13H17F2N3O2. The van der Waals surface area contributed by atoms with Gasteiger partial charge >= 0.3 is 0 Å². The molecule has 0 aliphatic heterocycles. The Labute approximate surface area is 115 Å². The molecule has 2 amide bonds. The Bertz CT molecular complexity index is 533. The summed E-state index contributed by atoms with van der Waals surface area (Å²) in [5.74, 6) is -3.55. The number of nitrogens with two attached hydrogens (primary N) is 2. The molecule has 110 valence electrons. The summed E-state index contributed by atoms with van der Waals surface area (Å²) < 4.78 is 26.8. The standard InChI is InChI=1S/C13H17F2N3O2/c1-6(2)10(16)5-12(19)18-11-3-7(13(17)20)8(14)4-9(11)15/h3-4,6,10H,5,16H2,1-2H3,(H2,17,20)(H,18,19). The molecule has 1 aromatic rings. The van der Waals surface area contributed by atoms with Crippen molar-refractivity contribution < 1.29 is 18.4 Å². The molecule has 0 aliphatic carbocycles. The van der Waals surface area contributed by atoms with Crippen LogP contribution in [0, 0.1) is 17.6 Å². The molecule has 1 atom stereocenters. The highest BCUT2D eigenvalue weighted by molar-refractivity contribution is 5.96. The van der Waals surface area contributed by atoms with Gasteiger partial charge in [-0.25, -0.2) is 8.78 Å². The maximum Gasteiger partial charge on any atom is 0.251 e. The molecule has 0 fully saturated rings. The monoisotopic (exact) mass is 285 g/mol. The number of carbonyl (C=O) groups is 2. The third kappa shape index (κ3) is 3.99. The highest BCUT2D eigenvalue weighted by atomic mass is 19.1. The first-order valence-corrected chi connectivity index (χ1v) is 6.06. The van der Waals surface area contributed by atoms with Gasteiger partial charge in [0, 0.05) is 18.5 Å². The Morgan fingerprint density at radius 1 is 1.25 bits per heavy atom. The van der Waals surface area contributed by atoms with Gasteiger partial charge in [0.15, 0.2) is 0 Å². The van der Waals surface area contributed by atoms with Gasteiger partial charge < -0.3 is 16.8 Å². The normalized spacial score (nSPS) is 12.3. The highest BCUT2D eigenvalue weighted by Crippen LogP contribution is 2.20. The Morgan fingerprint density at radius 3 is 2.35 bits per heavy atom. The van der Waals surface area contributed by atoms with E-state index in [2.05, 4.69) is 5.32 Å². The summed E-state index contributed by atoms with van der Waals surface area (Å²) in [6.45, 7) is 3.70.